The Labute approximate surface area is 190 Å². The second kappa shape index (κ2) is 7.83. The lowest BCUT2D eigenvalue weighted by molar-refractivity contribution is 0.457. The van der Waals surface area contributed by atoms with E-state index in [1.165, 1.54) is 43.1 Å². The van der Waals surface area contributed by atoms with E-state index in [1.807, 2.05) is 18.2 Å². The fraction of sp³-hybridized carbons (Fsp3) is 0. The fourth-order valence-electron chi connectivity index (χ4n) is 4.52. The highest BCUT2D eigenvalue weighted by molar-refractivity contribution is 7.26. The minimum Gasteiger partial charge on any atom is -0.536 e. The van der Waals surface area contributed by atoms with Gasteiger partial charge in [0.25, 0.3) is 0 Å². The third-order valence-corrected chi connectivity index (χ3v) is 7.13. The van der Waals surface area contributed by atoms with Crippen molar-refractivity contribution in [2.45, 2.75) is 0 Å². The first-order valence-electron chi connectivity index (χ1n) is 10.5. The molecule has 5 aromatic carbocycles. The molecule has 0 spiro atoms. The maximum atomic E-state index is 9.17. The molecule has 6 rings (SSSR count). The molecule has 0 aliphatic carbocycles. The highest BCUT2D eigenvalue weighted by Crippen LogP contribution is 2.44. The summed E-state index contributed by atoms with van der Waals surface area (Å²) in [6.45, 7) is 0. The lowest BCUT2D eigenvalue weighted by Crippen LogP contribution is -1.99. The maximum Gasteiger partial charge on any atom is 0.569 e. The van der Waals surface area contributed by atoms with Gasteiger partial charge in [0.05, 0.1) is 4.70 Å². The van der Waals surface area contributed by atoms with Crippen molar-refractivity contribution in [2.75, 3.05) is 0 Å². The fourth-order valence-corrected chi connectivity index (χ4v) is 5.71. The van der Waals surface area contributed by atoms with E-state index in [9.17, 15) is 0 Å². The average molecular weight is 429 g/mol. The molecular formula is C28H18BO2S. The van der Waals surface area contributed by atoms with Crippen LogP contribution in [0.15, 0.2) is 103 Å². The Morgan fingerprint density at radius 3 is 2.34 bits per heavy atom. The van der Waals surface area contributed by atoms with Gasteiger partial charge in [-0.1, -0.05) is 84.9 Å². The zero-order valence-electron chi connectivity index (χ0n) is 17.2. The van der Waals surface area contributed by atoms with Crippen LogP contribution in [0.4, 0.5) is 0 Å². The van der Waals surface area contributed by atoms with Crippen molar-refractivity contribution in [3.63, 3.8) is 0 Å². The first-order valence-corrected chi connectivity index (χ1v) is 11.3. The zero-order chi connectivity index (χ0) is 21.5. The summed E-state index contributed by atoms with van der Waals surface area (Å²) < 4.78 is 7.59. The van der Waals surface area contributed by atoms with Crippen LogP contribution < -0.4 is 4.65 Å². The van der Waals surface area contributed by atoms with Gasteiger partial charge in [-0.3, -0.25) is 0 Å². The van der Waals surface area contributed by atoms with Crippen molar-refractivity contribution in [3.05, 3.63) is 103 Å². The van der Waals surface area contributed by atoms with E-state index in [0.29, 0.717) is 5.75 Å². The second-order valence-corrected chi connectivity index (χ2v) is 8.80. The summed E-state index contributed by atoms with van der Waals surface area (Å²) in [5.41, 5.74) is 4.86. The van der Waals surface area contributed by atoms with Gasteiger partial charge in [-0.05, 0) is 51.2 Å². The smallest absolute Gasteiger partial charge is 0.536 e. The van der Waals surface area contributed by atoms with Gasteiger partial charge in [-0.25, -0.2) is 0 Å². The molecule has 1 aromatic heterocycles. The third kappa shape index (κ3) is 3.08. The topological polar surface area (TPSA) is 29.5 Å². The van der Waals surface area contributed by atoms with E-state index in [2.05, 4.69) is 84.9 Å². The van der Waals surface area contributed by atoms with Gasteiger partial charge >= 0.3 is 7.69 Å². The molecule has 0 atom stereocenters. The summed E-state index contributed by atoms with van der Waals surface area (Å²) in [6.07, 6.45) is 0. The van der Waals surface area contributed by atoms with Gasteiger partial charge in [0.1, 0.15) is 5.75 Å². The maximum absolute atomic E-state index is 9.17. The molecule has 1 radical (unpaired) electrons. The average Bonchev–Trinajstić information content (AvgIpc) is 3.24. The van der Waals surface area contributed by atoms with Gasteiger partial charge in [0.2, 0.25) is 0 Å². The zero-order valence-corrected chi connectivity index (χ0v) is 18.0. The van der Waals surface area contributed by atoms with E-state index >= 15 is 0 Å². The molecule has 0 unspecified atom stereocenters. The highest BCUT2D eigenvalue weighted by atomic mass is 32.1. The molecule has 1 N–H and O–H groups in total. The predicted molar refractivity (Wildman–Crippen MR) is 136 cm³/mol. The van der Waals surface area contributed by atoms with Crippen LogP contribution in [0, 0.1) is 0 Å². The number of hydrogen-bond acceptors (Lipinski definition) is 3. The van der Waals surface area contributed by atoms with Crippen molar-refractivity contribution in [1.29, 1.82) is 0 Å². The number of hydrogen-bond donors (Lipinski definition) is 1. The van der Waals surface area contributed by atoms with Gasteiger partial charge in [0, 0.05) is 15.5 Å². The van der Waals surface area contributed by atoms with E-state index in [0.717, 1.165) is 17.8 Å². The van der Waals surface area contributed by atoms with Crippen molar-refractivity contribution in [1.82, 2.24) is 0 Å². The molecule has 0 saturated heterocycles. The number of benzene rings is 5. The summed E-state index contributed by atoms with van der Waals surface area (Å²) in [7, 11) is 0.745. The van der Waals surface area contributed by atoms with Gasteiger partial charge in [-0.15, -0.1) is 11.3 Å². The molecule has 0 amide bonds. The van der Waals surface area contributed by atoms with E-state index in [1.54, 1.807) is 11.3 Å². The summed E-state index contributed by atoms with van der Waals surface area (Å²) in [5, 5.41) is 14.0. The molecule has 0 bridgehead atoms. The second-order valence-electron chi connectivity index (χ2n) is 7.74. The molecule has 0 aliphatic rings. The molecule has 0 fully saturated rings. The normalized spacial score (nSPS) is 11.3. The molecule has 6 aromatic rings. The lowest BCUT2D eigenvalue weighted by Gasteiger charge is -2.11. The van der Waals surface area contributed by atoms with Crippen LogP contribution in [-0.4, -0.2) is 12.7 Å². The molecule has 1 heterocycles. The summed E-state index contributed by atoms with van der Waals surface area (Å²) in [5.74, 6) is 0.669. The van der Waals surface area contributed by atoms with Crippen molar-refractivity contribution in [3.8, 4) is 28.0 Å². The van der Waals surface area contributed by atoms with Crippen LogP contribution in [0.2, 0.25) is 0 Å². The largest absolute Gasteiger partial charge is 0.569 e. The Kier molecular flexibility index (Phi) is 4.68. The Bertz CT molecular complexity index is 1590. The Morgan fingerprint density at radius 2 is 1.47 bits per heavy atom. The van der Waals surface area contributed by atoms with Gasteiger partial charge in [0.15, 0.2) is 0 Å². The standard InChI is InChI=1S/C28H18BO2S/c30-29-31-25-13-5-12-24-27-23(11-6-14-26(27)32-28(24)25)22-10-4-9-20-17-19(15-16-21(20)22)18-7-2-1-3-8-18/h1-17,30H. The number of thiophene rings is 1. The monoisotopic (exact) mass is 429 g/mol. The molecular weight excluding hydrogens is 411 g/mol. The van der Waals surface area contributed by atoms with E-state index in [4.69, 9.17) is 9.68 Å². The lowest BCUT2D eigenvalue weighted by atomic mass is 9.93. The molecule has 151 valence electrons. The predicted octanol–water partition coefficient (Wildman–Crippen LogP) is 7.45. The minimum atomic E-state index is 0.669. The van der Waals surface area contributed by atoms with Gasteiger partial charge in [-0.2, -0.15) is 0 Å². The summed E-state index contributed by atoms with van der Waals surface area (Å²) in [4.78, 5) is 0. The first kappa shape index (κ1) is 19.1. The SMILES string of the molecule is O[B]Oc1cccc2c1sc1cccc(-c3cccc4cc(-c5ccccc5)ccc34)c12. The van der Waals surface area contributed by atoms with E-state index in [-0.39, 0.29) is 0 Å². The number of rotatable bonds is 4. The van der Waals surface area contributed by atoms with Crippen LogP contribution in [0.3, 0.4) is 0 Å². The van der Waals surface area contributed by atoms with Crippen LogP contribution in [0.5, 0.6) is 5.75 Å². The summed E-state index contributed by atoms with van der Waals surface area (Å²) in [6, 6.07) is 36.1. The van der Waals surface area contributed by atoms with Crippen molar-refractivity contribution < 1.29 is 9.68 Å². The Morgan fingerprint density at radius 1 is 0.656 bits per heavy atom. The Balaban J connectivity index is 1.60. The van der Waals surface area contributed by atoms with E-state index < -0.39 is 0 Å². The van der Waals surface area contributed by atoms with Gasteiger partial charge < -0.3 is 9.68 Å². The van der Waals surface area contributed by atoms with Crippen LogP contribution >= 0.6 is 11.3 Å². The van der Waals surface area contributed by atoms with Crippen LogP contribution in [-0.2, 0) is 0 Å². The molecule has 32 heavy (non-hydrogen) atoms. The molecule has 2 nitrogen and oxygen atoms in total. The molecule has 0 aliphatic heterocycles. The first-order chi connectivity index (χ1) is 15.8. The van der Waals surface area contributed by atoms with Crippen LogP contribution in [0.25, 0.3) is 53.2 Å². The summed E-state index contributed by atoms with van der Waals surface area (Å²) >= 11 is 1.69. The third-order valence-electron chi connectivity index (χ3n) is 5.94. The number of fused-ring (bicyclic) bond motifs is 4. The van der Waals surface area contributed by atoms with Crippen LogP contribution in [0.1, 0.15) is 0 Å². The minimum absolute atomic E-state index is 0.669. The van der Waals surface area contributed by atoms with Crippen molar-refractivity contribution in [2.24, 2.45) is 0 Å². The highest BCUT2D eigenvalue weighted by Gasteiger charge is 2.15. The Hall–Kier alpha value is -3.60. The molecule has 4 heteroatoms. The van der Waals surface area contributed by atoms with Crippen molar-refractivity contribution >= 4 is 50.0 Å². The quantitative estimate of drug-likeness (QED) is 0.295. The molecule has 0 saturated carbocycles.